The fourth-order valence-electron chi connectivity index (χ4n) is 4.80. The highest BCUT2D eigenvalue weighted by molar-refractivity contribution is 4.53. The third-order valence-corrected chi connectivity index (χ3v) is 7.45. The first-order valence-electron chi connectivity index (χ1n) is 17.8. The van der Waals surface area contributed by atoms with Gasteiger partial charge in [-0.15, -0.1) is 0 Å². The maximum Gasteiger partial charge on any atom is -0.0443 e. The van der Waals surface area contributed by atoms with Crippen LogP contribution in [0.15, 0.2) is 0 Å². The van der Waals surface area contributed by atoms with Gasteiger partial charge in [0.25, 0.3) is 0 Å². The summed E-state index contributed by atoms with van der Waals surface area (Å²) in [5.41, 5.74) is 0. The zero-order valence-corrected chi connectivity index (χ0v) is 29.0. The average molecular weight is 527 g/mol. The van der Waals surface area contributed by atoms with Crippen LogP contribution in [0.3, 0.4) is 0 Å². The molecule has 3 atom stereocenters. The quantitative estimate of drug-likeness (QED) is 0.123. The molecule has 0 bridgehead atoms. The van der Waals surface area contributed by atoms with E-state index in [4.69, 9.17) is 0 Å². The summed E-state index contributed by atoms with van der Waals surface area (Å²) in [5.74, 6) is 2.91. The molecule has 0 nitrogen and oxygen atoms in total. The van der Waals surface area contributed by atoms with Gasteiger partial charge in [-0.1, -0.05) is 224 Å². The van der Waals surface area contributed by atoms with Crippen LogP contribution < -0.4 is 0 Å². The molecule has 0 aromatic heterocycles. The molecule has 0 saturated carbocycles. The van der Waals surface area contributed by atoms with Crippen LogP contribution in [0.4, 0.5) is 0 Å². The van der Waals surface area contributed by atoms with Crippen molar-refractivity contribution in [3.05, 3.63) is 0 Å². The fourth-order valence-corrected chi connectivity index (χ4v) is 4.80. The van der Waals surface area contributed by atoms with Gasteiger partial charge in [0.05, 0.1) is 0 Å². The average Bonchev–Trinajstić information content (AvgIpc) is 2.88. The van der Waals surface area contributed by atoms with Crippen molar-refractivity contribution in [1.29, 1.82) is 0 Å². The molecule has 0 aliphatic heterocycles. The molecule has 3 unspecified atom stereocenters. The SMILES string of the molecule is CCCCC(C)CCC.CCCCCC.CCCCCCC(C)CCC.CCCCCCC(C)CCC. The first-order chi connectivity index (χ1) is 17.8. The van der Waals surface area contributed by atoms with Crippen LogP contribution in [0, 0.1) is 17.8 Å². The first kappa shape index (κ1) is 44.0. The van der Waals surface area contributed by atoms with Crippen LogP contribution in [0.5, 0.6) is 0 Å². The third kappa shape index (κ3) is 53.1. The number of unbranched alkanes of at least 4 members (excludes halogenated alkanes) is 10. The van der Waals surface area contributed by atoms with Gasteiger partial charge >= 0.3 is 0 Å². The topological polar surface area (TPSA) is 0 Å². The highest BCUT2D eigenvalue weighted by Gasteiger charge is 2.00. The van der Waals surface area contributed by atoms with Crippen molar-refractivity contribution in [1.82, 2.24) is 0 Å². The Kier molecular flexibility index (Phi) is 51.3. The van der Waals surface area contributed by atoms with Crippen molar-refractivity contribution in [2.24, 2.45) is 17.8 Å². The summed E-state index contributed by atoms with van der Waals surface area (Å²) in [6.07, 6.45) is 32.4. The largest absolute Gasteiger partial charge is 0.0654 e. The summed E-state index contributed by atoms with van der Waals surface area (Å²) in [5, 5.41) is 0. The van der Waals surface area contributed by atoms with Gasteiger partial charge in [0, 0.05) is 0 Å². The van der Waals surface area contributed by atoms with E-state index in [-0.39, 0.29) is 0 Å². The van der Waals surface area contributed by atoms with Crippen LogP contribution in [0.1, 0.15) is 224 Å². The maximum atomic E-state index is 2.38. The van der Waals surface area contributed by atoms with Gasteiger partial charge in [-0.2, -0.15) is 0 Å². The van der Waals surface area contributed by atoms with E-state index in [1.165, 1.54) is 148 Å². The van der Waals surface area contributed by atoms with Gasteiger partial charge in [0.2, 0.25) is 0 Å². The van der Waals surface area contributed by atoms with Crippen molar-refractivity contribution in [2.75, 3.05) is 0 Å². The molecule has 0 saturated heterocycles. The Labute approximate surface area is 241 Å². The maximum absolute atomic E-state index is 2.38. The predicted molar refractivity (Wildman–Crippen MR) is 179 cm³/mol. The van der Waals surface area contributed by atoms with Gasteiger partial charge in [0.1, 0.15) is 0 Å². The van der Waals surface area contributed by atoms with Crippen LogP contribution in [0.25, 0.3) is 0 Å². The lowest BCUT2D eigenvalue weighted by Crippen LogP contribution is -1.93. The van der Waals surface area contributed by atoms with E-state index < -0.39 is 0 Å². The minimum absolute atomic E-state index is 0.968. The van der Waals surface area contributed by atoms with E-state index in [9.17, 15) is 0 Å². The summed E-state index contributed by atoms with van der Waals surface area (Å²) < 4.78 is 0. The van der Waals surface area contributed by atoms with E-state index in [0.29, 0.717) is 0 Å². The van der Waals surface area contributed by atoms with Crippen LogP contribution in [-0.4, -0.2) is 0 Å². The van der Waals surface area contributed by atoms with E-state index >= 15 is 0 Å². The summed E-state index contributed by atoms with van der Waals surface area (Å²) in [6.45, 7) is 25.2. The van der Waals surface area contributed by atoms with Crippen molar-refractivity contribution in [3.8, 4) is 0 Å². The smallest absolute Gasteiger partial charge is 0.0443 e. The summed E-state index contributed by atoms with van der Waals surface area (Å²) in [4.78, 5) is 0. The number of hydrogen-bond acceptors (Lipinski definition) is 0. The molecule has 0 heterocycles. The van der Waals surface area contributed by atoms with Crippen LogP contribution in [0.2, 0.25) is 0 Å². The molecular formula is C37H82. The van der Waals surface area contributed by atoms with Gasteiger partial charge in [-0.25, -0.2) is 0 Å². The summed E-state index contributed by atoms with van der Waals surface area (Å²) in [7, 11) is 0. The molecular weight excluding hydrogens is 444 g/mol. The lowest BCUT2D eigenvalue weighted by atomic mass is 9.98. The van der Waals surface area contributed by atoms with Crippen LogP contribution >= 0.6 is 0 Å². The highest BCUT2D eigenvalue weighted by Crippen LogP contribution is 2.16. The van der Waals surface area contributed by atoms with Crippen LogP contribution in [-0.2, 0) is 0 Å². The Morgan fingerprint density at radius 3 is 0.730 bits per heavy atom. The number of rotatable bonds is 22. The van der Waals surface area contributed by atoms with Crippen molar-refractivity contribution in [3.63, 3.8) is 0 Å². The molecule has 0 rings (SSSR count). The molecule has 0 spiro atoms. The standard InChI is InChI=1S/2C11H24.C9H20.C6H14/c2*1-4-6-7-8-10-11(3)9-5-2;1-4-6-8-9(3)7-5-2;1-3-5-6-4-2/h2*11H,4-10H2,1-3H3;9H,4-8H2,1-3H3;3-6H2,1-2H3. The molecule has 0 radical (unpaired) electrons. The van der Waals surface area contributed by atoms with Gasteiger partial charge in [0.15, 0.2) is 0 Å². The first-order valence-corrected chi connectivity index (χ1v) is 17.8. The minimum atomic E-state index is 0.968. The summed E-state index contributed by atoms with van der Waals surface area (Å²) >= 11 is 0. The second-order valence-corrected chi connectivity index (χ2v) is 12.2. The second-order valence-electron chi connectivity index (χ2n) is 12.2. The zero-order valence-electron chi connectivity index (χ0n) is 29.0. The molecule has 0 aromatic carbocycles. The molecule has 0 aliphatic carbocycles. The van der Waals surface area contributed by atoms with E-state index in [2.05, 4.69) is 76.2 Å². The fraction of sp³-hybridized carbons (Fsp3) is 1.00. The monoisotopic (exact) mass is 527 g/mol. The highest BCUT2D eigenvalue weighted by atomic mass is 14.1. The normalized spacial score (nSPS) is 12.7. The molecule has 0 N–H and O–H groups in total. The van der Waals surface area contributed by atoms with Gasteiger partial charge in [-0.3, -0.25) is 0 Å². The lowest BCUT2D eigenvalue weighted by molar-refractivity contribution is 0.455. The van der Waals surface area contributed by atoms with E-state index in [1.807, 2.05) is 0 Å². The number of hydrogen-bond donors (Lipinski definition) is 0. The molecule has 0 aliphatic rings. The Morgan fingerprint density at radius 2 is 0.486 bits per heavy atom. The van der Waals surface area contributed by atoms with Gasteiger partial charge in [-0.05, 0) is 17.8 Å². The minimum Gasteiger partial charge on any atom is -0.0654 e. The molecule has 0 fully saturated rings. The molecule has 0 heteroatoms. The van der Waals surface area contributed by atoms with E-state index in [0.717, 1.165) is 17.8 Å². The Bertz CT molecular complexity index is 296. The second kappa shape index (κ2) is 43.1. The molecule has 230 valence electrons. The Hall–Kier alpha value is 0. The Balaban J connectivity index is -0.000000201. The third-order valence-electron chi connectivity index (χ3n) is 7.45. The predicted octanol–water partition coefficient (Wildman–Crippen LogP) is 15.0. The van der Waals surface area contributed by atoms with Crippen molar-refractivity contribution < 1.29 is 0 Å². The molecule has 0 aromatic rings. The molecule has 37 heavy (non-hydrogen) atoms. The van der Waals surface area contributed by atoms with Crippen molar-refractivity contribution >= 4 is 0 Å². The summed E-state index contributed by atoms with van der Waals surface area (Å²) in [6, 6.07) is 0. The Morgan fingerprint density at radius 1 is 0.243 bits per heavy atom. The zero-order chi connectivity index (χ0) is 29.0. The van der Waals surface area contributed by atoms with Gasteiger partial charge < -0.3 is 0 Å². The van der Waals surface area contributed by atoms with Crippen molar-refractivity contribution in [2.45, 2.75) is 224 Å². The molecule has 0 amide bonds. The lowest BCUT2D eigenvalue weighted by Gasteiger charge is -2.08. The van der Waals surface area contributed by atoms with E-state index in [1.54, 1.807) is 0 Å².